The first-order valence-electron chi connectivity index (χ1n) is 8.78. The van der Waals surface area contributed by atoms with Crippen LogP contribution in [-0.4, -0.2) is 15.5 Å². The lowest BCUT2D eigenvalue weighted by Crippen LogP contribution is -2.09. The van der Waals surface area contributed by atoms with Crippen LogP contribution >= 0.6 is 22.9 Å². The third-order valence-corrected chi connectivity index (χ3v) is 5.59. The minimum atomic E-state index is -0.133. The molecule has 4 nitrogen and oxygen atoms in total. The third-order valence-electron chi connectivity index (χ3n) is 4.25. The van der Waals surface area contributed by atoms with Crippen LogP contribution in [0.2, 0.25) is 5.02 Å². The van der Waals surface area contributed by atoms with Gasteiger partial charge in [-0.15, -0.1) is 11.3 Å². The summed E-state index contributed by atoms with van der Waals surface area (Å²) in [7, 11) is 0. The van der Waals surface area contributed by atoms with Crippen LogP contribution in [0.5, 0.6) is 0 Å². The maximum atomic E-state index is 12.6. The predicted molar refractivity (Wildman–Crippen MR) is 113 cm³/mol. The zero-order valence-corrected chi connectivity index (χ0v) is 16.3. The molecule has 0 atom stereocenters. The van der Waals surface area contributed by atoms with E-state index in [0.29, 0.717) is 9.90 Å². The minimum absolute atomic E-state index is 0.133. The molecule has 136 valence electrons. The van der Waals surface area contributed by atoms with Gasteiger partial charge in [-0.1, -0.05) is 30.7 Å². The molecule has 2 aromatic heterocycles. The van der Waals surface area contributed by atoms with E-state index in [-0.39, 0.29) is 5.91 Å². The summed E-state index contributed by atoms with van der Waals surface area (Å²) in [4.78, 5) is 19.0. The SMILES string of the molecule is CCCn1c(-c2ccc(C(=O)Nc3ccc(Cl)cc3)s2)nc2ccccc21. The van der Waals surface area contributed by atoms with Gasteiger partial charge in [-0.3, -0.25) is 4.79 Å². The Balaban J connectivity index is 1.64. The van der Waals surface area contributed by atoms with Gasteiger partial charge < -0.3 is 9.88 Å². The second kappa shape index (κ2) is 7.55. The van der Waals surface area contributed by atoms with Gasteiger partial charge in [-0.25, -0.2) is 4.98 Å². The molecular formula is C21H18ClN3OS. The van der Waals surface area contributed by atoms with Gasteiger partial charge in [0.05, 0.1) is 20.8 Å². The number of hydrogen-bond acceptors (Lipinski definition) is 3. The molecule has 2 heterocycles. The lowest BCUT2D eigenvalue weighted by molar-refractivity contribution is 0.103. The monoisotopic (exact) mass is 395 g/mol. The predicted octanol–water partition coefficient (Wildman–Crippen LogP) is 6.08. The summed E-state index contributed by atoms with van der Waals surface area (Å²) in [5.74, 6) is 0.778. The first-order chi connectivity index (χ1) is 13.2. The number of aryl methyl sites for hydroxylation is 1. The van der Waals surface area contributed by atoms with Gasteiger partial charge in [0.1, 0.15) is 0 Å². The van der Waals surface area contributed by atoms with Gasteiger partial charge in [0.15, 0.2) is 5.82 Å². The van der Waals surface area contributed by atoms with Crippen molar-refractivity contribution < 1.29 is 4.79 Å². The molecule has 0 saturated heterocycles. The fourth-order valence-electron chi connectivity index (χ4n) is 3.02. The van der Waals surface area contributed by atoms with Crippen LogP contribution < -0.4 is 5.32 Å². The van der Waals surface area contributed by atoms with E-state index in [1.807, 2.05) is 30.3 Å². The lowest BCUT2D eigenvalue weighted by Gasteiger charge is -2.06. The van der Waals surface area contributed by atoms with Crippen molar-refractivity contribution in [2.75, 3.05) is 5.32 Å². The highest BCUT2D eigenvalue weighted by atomic mass is 35.5. The normalized spacial score (nSPS) is 11.0. The molecule has 0 aliphatic rings. The second-order valence-electron chi connectivity index (χ2n) is 6.20. The number of halogens is 1. The highest BCUT2D eigenvalue weighted by molar-refractivity contribution is 7.17. The number of amides is 1. The number of fused-ring (bicyclic) bond motifs is 1. The second-order valence-corrected chi connectivity index (χ2v) is 7.72. The summed E-state index contributed by atoms with van der Waals surface area (Å²) in [6, 6.07) is 19.0. The molecule has 1 N–H and O–H groups in total. The van der Waals surface area contributed by atoms with Crippen LogP contribution in [0.4, 0.5) is 5.69 Å². The summed E-state index contributed by atoms with van der Waals surface area (Å²) in [6.45, 7) is 3.04. The lowest BCUT2D eigenvalue weighted by atomic mass is 10.3. The highest BCUT2D eigenvalue weighted by Crippen LogP contribution is 2.31. The number of anilines is 1. The van der Waals surface area contributed by atoms with Crippen LogP contribution in [0.15, 0.2) is 60.7 Å². The van der Waals surface area contributed by atoms with Crippen LogP contribution in [0.1, 0.15) is 23.0 Å². The summed E-state index contributed by atoms with van der Waals surface area (Å²) in [5.41, 5.74) is 2.81. The number of benzene rings is 2. The van der Waals surface area contributed by atoms with E-state index in [9.17, 15) is 4.79 Å². The number of carbonyl (C=O) groups is 1. The van der Waals surface area contributed by atoms with Crippen LogP contribution in [-0.2, 0) is 6.54 Å². The Hall–Kier alpha value is -2.63. The van der Waals surface area contributed by atoms with Crippen LogP contribution in [0.25, 0.3) is 21.7 Å². The van der Waals surface area contributed by atoms with Crippen molar-refractivity contribution in [2.45, 2.75) is 19.9 Å². The molecule has 0 aliphatic heterocycles. The smallest absolute Gasteiger partial charge is 0.265 e. The number of nitrogens with zero attached hydrogens (tertiary/aromatic N) is 2. The standard InChI is InChI=1S/C21H18ClN3OS/c1-2-13-25-17-6-4-3-5-16(17)24-20(25)18-11-12-19(27-18)21(26)23-15-9-7-14(22)8-10-15/h3-12H,2,13H2,1H3,(H,23,26). The number of para-hydroxylation sites is 2. The van der Waals surface area contributed by atoms with Gasteiger partial charge >= 0.3 is 0 Å². The van der Waals surface area contributed by atoms with Crippen molar-refractivity contribution in [1.82, 2.24) is 9.55 Å². The molecule has 0 bridgehead atoms. The average molecular weight is 396 g/mol. The molecule has 0 saturated carbocycles. The van der Waals surface area contributed by atoms with Crippen molar-refractivity contribution in [1.29, 1.82) is 0 Å². The van der Waals surface area contributed by atoms with E-state index in [2.05, 4.69) is 22.9 Å². The Labute approximate surface area is 166 Å². The van der Waals surface area contributed by atoms with E-state index >= 15 is 0 Å². The average Bonchev–Trinajstić information content (AvgIpc) is 3.29. The Morgan fingerprint density at radius 2 is 1.89 bits per heavy atom. The summed E-state index contributed by atoms with van der Waals surface area (Å²) < 4.78 is 2.22. The molecule has 4 rings (SSSR count). The number of hydrogen-bond donors (Lipinski definition) is 1. The van der Waals surface area contributed by atoms with E-state index < -0.39 is 0 Å². The van der Waals surface area contributed by atoms with Gasteiger partial charge in [-0.2, -0.15) is 0 Å². The quantitative estimate of drug-likeness (QED) is 0.445. The Bertz CT molecular complexity index is 1100. The number of carbonyl (C=O) groups excluding carboxylic acids is 1. The van der Waals surface area contributed by atoms with Gasteiger partial charge in [0, 0.05) is 17.3 Å². The molecular weight excluding hydrogens is 378 g/mol. The number of rotatable bonds is 5. The molecule has 6 heteroatoms. The molecule has 2 aromatic carbocycles. The topological polar surface area (TPSA) is 46.9 Å². The molecule has 1 amide bonds. The van der Waals surface area contributed by atoms with Crippen molar-refractivity contribution in [3.05, 3.63) is 70.6 Å². The molecule has 0 radical (unpaired) electrons. The molecule has 0 fully saturated rings. The van der Waals surface area contributed by atoms with Crippen molar-refractivity contribution in [2.24, 2.45) is 0 Å². The number of aromatic nitrogens is 2. The first kappa shape index (κ1) is 17.8. The number of thiophene rings is 1. The first-order valence-corrected chi connectivity index (χ1v) is 9.97. The van der Waals surface area contributed by atoms with Gasteiger partial charge in [0.2, 0.25) is 0 Å². The van der Waals surface area contributed by atoms with E-state index in [1.54, 1.807) is 24.3 Å². The zero-order valence-electron chi connectivity index (χ0n) is 14.8. The largest absolute Gasteiger partial charge is 0.323 e. The van der Waals surface area contributed by atoms with Crippen molar-refractivity contribution >= 4 is 45.6 Å². The van der Waals surface area contributed by atoms with Crippen LogP contribution in [0, 0.1) is 0 Å². The summed E-state index contributed by atoms with van der Waals surface area (Å²) in [5, 5.41) is 3.54. The molecule has 0 spiro atoms. The Morgan fingerprint density at radius 1 is 1.11 bits per heavy atom. The molecule has 0 unspecified atom stereocenters. The third kappa shape index (κ3) is 3.61. The molecule has 27 heavy (non-hydrogen) atoms. The number of imidazole rings is 1. The van der Waals surface area contributed by atoms with Gasteiger partial charge in [-0.05, 0) is 55.0 Å². The molecule has 0 aliphatic carbocycles. The maximum Gasteiger partial charge on any atom is 0.265 e. The fraction of sp³-hybridized carbons (Fsp3) is 0.143. The van der Waals surface area contributed by atoms with Gasteiger partial charge in [0.25, 0.3) is 5.91 Å². The Kier molecular flexibility index (Phi) is 4.97. The van der Waals surface area contributed by atoms with E-state index in [1.165, 1.54) is 11.3 Å². The van der Waals surface area contributed by atoms with E-state index in [0.717, 1.165) is 40.4 Å². The number of nitrogens with one attached hydrogen (secondary N) is 1. The van der Waals surface area contributed by atoms with Crippen LogP contribution in [0.3, 0.4) is 0 Å². The fourth-order valence-corrected chi connectivity index (χ4v) is 4.05. The maximum absolute atomic E-state index is 12.6. The highest BCUT2D eigenvalue weighted by Gasteiger charge is 2.16. The minimum Gasteiger partial charge on any atom is -0.323 e. The van der Waals surface area contributed by atoms with Crippen molar-refractivity contribution in [3.63, 3.8) is 0 Å². The zero-order chi connectivity index (χ0) is 18.8. The van der Waals surface area contributed by atoms with Crippen molar-refractivity contribution in [3.8, 4) is 10.7 Å². The molecule has 4 aromatic rings. The Morgan fingerprint density at radius 3 is 2.67 bits per heavy atom. The summed E-state index contributed by atoms with van der Waals surface area (Å²) >= 11 is 7.34. The summed E-state index contributed by atoms with van der Waals surface area (Å²) in [6.07, 6.45) is 1.02. The van der Waals surface area contributed by atoms with E-state index in [4.69, 9.17) is 16.6 Å².